The lowest BCUT2D eigenvalue weighted by Gasteiger charge is -2.25. The molecule has 0 heterocycles. The van der Waals surface area contributed by atoms with Crippen LogP contribution in [0.3, 0.4) is 0 Å². The molecule has 11 heteroatoms. The number of likely N-dealkylation sites (N-methyl/N-ethyl adjacent to an activating group) is 1. The van der Waals surface area contributed by atoms with E-state index in [1.807, 2.05) is 19.0 Å². The first-order chi connectivity index (χ1) is 14.9. The minimum atomic E-state index is -1.26. The van der Waals surface area contributed by atoms with Crippen LogP contribution in [-0.2, 0) is 9.59 Å². The summed E-state index contributed by atoms with van der Waals surface area (Å²) in [6.45, 7) is 7.13. The van der Waals surface area contributed by atoms with Crippen molar-refractivity contribution in [2.45, 2.75) is 13.8 Å². The maximum Gasteiger partial charge on any atom is 0.328 e. The van der Waals surface area contributed by atoms with Crippen molar-refractivity contribution in [1.82, 2.24) is 15.1 Å². The number of benzene rings is 1. The number of ether oxygens (including phenoxy) is 1. The molecule has 0 saturated heterocycles. The first kappa shape index (κ1) is 29.5. The van der Waals surface area contributed by atoms with E-state index in [0.29, 0.717) is 60.1 Å². The van der Waals surface area contributed by atoms with Crippen LogP contribution >= 0.6 is 23.2 Å². The monoisotopic (exact) mass is 491 g/mol. The van der Waals surface area contributed by atoms with Gasteiger partial charge in [-0.25, -0.2) is 14.4 Å². The number of urea groups is 1. The zero-order chi connectivity index (χ0) is 24.7. The molecule has 180 valence electrons. The predicted molar refractivity (Wildman–Crippen MR) is 125 cm³/mol. The summed E-state index contributed by atoms with van der Waals surface area (Å²) in [6.07, 6.45) is 1.12. The molecule has 0 unspecified atom stereocenters. The van der Waals surface area contributed by atoms with Gasteiger partial charge < -0.3 is 30.1 Å². The molecule has 1 aromatic carbocycles. The molecule has 0 aliphatic heterocycles. The van der Waals surface area contributed by atoms with Gasteiger partial charge in [0.2, 0.25) is 0 Å². The van der Waals surface area contributed by atoms with Crippen LogP contribution in [0, 0.1) is 5.92 Å². The Hall–Kier alpha value is -2.49. The number of nitrogens with zero attached hydrogens (tertiary/aromatic N) is 2. The molecular weight excluding hydrogens is 461 g/mol. The van der Waals surface area contributed by atoms with E-state index in [1.165, 1.54) is 0 Å². The molecule has 3 N–H and O–H groups in total. The van der Waals surface area contributed by atoms with Crippen LogP contribution in [0.4, 0.5) is 4.79 Å². The van der Waals surface area contributed by atoms with E-state index < -0.39 is 11.9 Å². The van der Waals surface area contributed by atoms with Gasteiger partial charge in [0.1, 0.15) is 12.4 Å². The van der Waals surface area contributed by atoms with Crippen LogP contribution < -0.4 is 10.1 Å². The molecule has 0 radical (unpaired) electrons. The topological polar surface area (TPSA) is 119 Å². The van der Waals surface area contributed by atoms with Crippen molar-refractivity contribution in [3.63, 3.8) is 0 Å². The van der Waals surface area contributed by atoms with Crippen molar-refractivity contribution in [2.75, 3.05) is 46.9 Å². The summed E-state index contributed by atoms with van der Waals surface area (Å²) >= 11 is 11.9. The van der Waals surface area contributed by atoms with E-state index >= 15 is 0 Å². The molecule has 0 saturated carbocycles. The summed E-state index contributed by atoms with van der Waals surface area (Å²) in [4.78, 5) is 35.2. The SMILES string of the molecule is CC(C)CN(CCOc1cc(Cl)cc(Cl)c1)C(=O)NCCN(C)C.O=C(O)/C=C\C(=O)O. The third-order valence-corrected chi connectivity index (χ3v) is 3.98. The summed E-state index contributed by atoms with van der Waals surface area (Å²) in [7, 11) is 3.95. The predicted octanol–water partition coefficient (Wildman–Crippen LogP) is 3.31. The lowest BCUT2D eigenvalue weighted by atomic mass is 10.2. The fraction of sp³-hybridized carbons (Fsp3) is 0.476. The van der Waals surface area contributed by atoms with Crippen LogP contribution in [0.1, 0.15) is 13.8 Å². The highest BCUT2D eigenvalue weighted by molar-refractivity contribution is 6.34. The number of halogens is 2. The molecule has 1 aromatic rings. The second-order valence-corrected chi connectivity index (χ2v) is 8.21. The standard InChI is InChI=1S/C17H27Cl2N3O2.C4H4O4/c1-13(2)12-22(17(23)20-5-6-21(3)4)7-8-24-16-10-14(18)9-15(19)11-16;5-3(6)1-2-4(7)8/h9-11,13H,5-8,12H2,1-4H3,(H,20,23);1-2H,(H,5,6)(H,7,8)/b;2-1-. The van der Waals surface area contributed by atoms with Gasteiger partial charge in [0.15, 0.2) is 0 Å². The van der Waals surface area contributed by atoms with Crippen LogP contribution in [0.25, 0.3) is 0 Å². The van der Waals surface area contributed by atoms with Crippen LogP contribution in [0.15, 0.2) is 30.4 Å². The van der Waals surface area contributed by atoms with E-state index in [1.54, 1.807) is 23.1 Å². The van der Waals surface area contributed by atoms with Crippen molar-refractivity contribution in [3.05, 3.63) is 40.4 Å². The van der Waals surface area contributed by atoms with E-state index in [4.69, 9.17) is 38.2 Å². The van der Waals surface area contributed by atoms with Gasteiger partial charge in [-0.2, -0.15) is 0 Å². The number of carboxylic acids is 2. The second-order valence-electron chi connectivity index (χ2n) is 7.34. The Morgan fingerprint density at radius 2 is 1.56 bits per heavy atom. The molecule has 2 amide bonds. The number of hydrogen-bond donors (Lipinski definition) is 3. The van der Waals surface area contributed by atoms with Gasteiger partial charge in [-0.05, 0) is 38.2 Å². The minimum Gasteiger partial charge on any atom is -0.492 e. The molecule has 9 nitrogen and oxygen atoms in total. The van der Waals surface area contributed by atoms with Crippen LogP contribution in [-0.4, -0.2) is 84.9 Å². The molecule has 1 rings (SSSR count). The maximum absolute atomic E-state index is 12.3. The highest BCUT2D eigenvalue weighted by atomic mass is 35.5. The number of carbonyl (C=O) groups excluding carboxylic acids is 1. The Bertz CT molecular complexity index is 736. The van der Waals surface area contributed by atoms with E-state index in [-0.39, 0.29) is 6.03 Å². The Kier molecular flexibility index (Phi) is 14.9. The number of hydrogen-bond acceptors (Lipinski definition) is 5. The van der Waals surface area contributed by atoms with Crippen molar-refractivity contribution in [1.29, 1.82) is 0 Å². The lowest BCUT2D eigenvalue weighted by molar-refractivity contribution is -0.134. The van der Waals surface area contributed by atoms with E-state index in [0.717, 1.165) is 6.54 Å². The highest BCUT2D eigenvalue weighted by Crippen LogP contribution is 2.24. The van der Waals surface area contributed by atoms with Gasteiger partial charge in [0.25, 0.3) is 0 Å². The van der Waals surface area contributed by atoms with E-state index in [2.05, 4.69) is 19.2 Å². The van der Waals surface area contributed by atoms with Crippen molar-refractivity contribution >= 4 is 41.2 Å². The lowest BCUT2D eigenvalue weighted by Crippen LogP contribution is -2.45. The summed E-state index contributed by atoms with van der Waals surface area (Å²) in [5.74, 6) is -1.53. The molecule has 0 atom stereocenters. The Balaban J connectivity index is 0.00000102. The number of amides is 2. The molecule has 0 aliphatic carbocycles. The zero-order valence-corrected chi connectivity index (χ0v) is 20.2. The number of aliphatic carboxylic acids is 2. The fourth-order valence-corrected chi connectivity index (χ4v) is 2.75. The molecule has 0 spiro atoms. The quantitative estimate of drug-likeness (QED) is 0.406. The van der Waals surface area contributed by atoms with E-state index in [9.17, 15) is 14.4 Å². The minimum absolute atomic E-state index is 0.0710. The van der Waals surface area contributed by atoms with Gasteiger partial charge in [0, 0.05) is 41.8 Å². The smallest absolute Gasteiger partial charge is 0.328 e. The summed E-state index contributed by atoms with van der Waals surface area (Å²) in [6, 6.07) is 4.99. The van der Waals surface area contributed by atoms with Gasteiger partial charge in [0.05, 0.1) is 6.54 Å². The maximum atomic E-state index is 12.3. The van der Waals surface area contributed by atoms with Crippen molar-refractivity contribution in [2.24, 2.45) is 5.92 Å². The first-order valence-electron chi connectivity index (χ1n) is 9.81. The molecule has 0 fully saturated rings. The Morgan fingerprint density at radius 1 is 1.03 bits per heavy atom. The number of carbonyl (C=O) groups is 3. The molecule has 32 heavy (non-hydrogen) atoms. The normalized spacial score (nSPS) is 10.6. The summed E-state index contributed by atoms with van der Waals surface area (Å²) in [5.41, 5.74) is 0. The molecule has 0 aliphatic rings. The van der Waals surface area contributed by atoms with Gasteiger partial charge >= 0.3 is 18.0 Å². The Morgan fingerprint density at radius 3 is 2.00 bits per heavy atom. The summed E-state index contributed by atoms with van der Waals surface area (Å²) in [5, 5.41) is 19.6. The third-order valence-electron chi connectivity index (χ3n) is 3.54. The van der Waals surface area contributed by atoms with Crippen LogP contribution in [0.2, 0.25) is 10.0 Å². The highest BCUT2D eigenvalue weighted by Gasteiger charge is 2.14. The fourth-order valence-electron chi connectivity index (χ4n) is 2.24. The largest absolute Gasteiger partial charge is 0.492 e. The molecule has 0 bridgehead atoms. The Labute approximate surface area is 198 Å². The van der Waals surface area contributed by atoms with Gasteiger partial charge in [-0.15, -0.1) is 0 Å². The third kappa shape index (κ3) is 16.2. The van der Waals surface area contributed by atoms with Crippen LogP contribution in [0.5, 0.6) is 5.75 Å². The van der Waals surface area contributed by atoms with Gasteiger partial charge in [-0.1, -0.05) is 37.0 Å². The average molecular weight is 492 g/mol. The number of nitrogens with one attached hydrogen (secondary N) is 1. The second kappa shape index (κ2) is 16.2. The first-order valence-corrected chi connectivity index (χ1v) is 10.6. The molecule has 0 aromatic heterocycles. The average Bonchev–Trinajstić information content (AvgIpc) is 2.64. The van der Waals surface area contributed by atoms with Crippen molar-refractivity contribution < 1.29 is 29.3 Å². The van der Waals surface area contributed by atoms with Gasteiger partial charge in [-0.3, -0.25) is 0 Å². The number of rotatable bonds is 11. The molecular formula is C21H31Cl2N3O6. The zero-order valence-electron chi connectivity index (χ0n) is 18.7. The number of carboxylic acid groups (broad SMARTS) is 2. The summed E-state index contributed by atoms with van der Waals surface area (Å²) < 4.78 is 5.67. The van der Waals surface area contributed by atoms with Crippen molar-refractivity contribution in [3.8, 4) is 5.75 Å².